The summed E-state index contributed by atoms with van der Waals surface area (Å²) in [6.07, 6.45) is 3.79. The molecule has 0 saturated heterocycles. The van der Waals surface area contributed by atoms with Gasteiger partial charge in [-0.2, -0.15) is 0 Å². The summed E-state index contributed by atoms with van der Waals surface area (Å²) in [4.78, 5) is 39.4. The van der Waals surface area contributed by atoms with E-state index in [1.165, 1.54) is 13.2 Å². The van der Waals surface area contributed by atoms with Gasteiger partial charge < -0.3 is 34.6 Å². The highest BCUT2D eigenvalue weighted by atomic mass is 127. The molecular formula is C26H35IN2O8. The molecule has 0 spiro atoms. The minimum Gasteiger partial charge on any atom is -0.493 e. The molecule has 0 aliphatic heterocycles. The predicted octanol–water partition coefficient (Wildman–Crippen LogP) is 1.69. The number of nitrogens with one attached hydrogen (secondary N) is 1. The third-order valence-electron chi connectivity index (χ3n) is 6.78. The molecule has 10 nitrogen and oxygen atoms in total. The second-order valence-electron chi connectivity index (χ2n) is 9.17. The van der Waals surface area contributed by atoms with E-state index < -0.39 is 24.2 Å². The molecule has 1 fully saturated rings. The highest BCUT2D eigenvalue weighted by molar-refractivity contribution is 14.1. The first-order valence-corrected chi connectivity index (χ1v) is 13.5. The van der Waals surface area contributed by atoms with E-state index >= 15 is 0 Å². The summed E-state index contributed by atoms with van der Waals surface area (Å²) in [6, 6.07) is 2.43. The Morgan fingerprint density at radius 3 is 2.59 bits per heavy atom. The number of methoxy groups -OCH3 is 2. The average Bonchev–Trinajstić information content (AvgIpc) is 3.45. The number of hydrogen-bond acceptors (Lipinski definition) is 8. The molecule has 3 rings (SSSR count). The van der Waals surface area contributed by atoms with Crippen molar-refractivity contribution in [2.75, 3.05) is 40.5 Å². The van der Waals surface area contributed by atoms with Gasteiger partial charge in [-0.1, -0.05) is 12.8 Å². The number of rotatable bonds is 12. The fourth-order valence-electron chi connectivity index (χ4n) is 4.87. The fraction of sp³-hybridized carbons (Fsp3) is 0.577. The van der Waals surface area contributed by atoms with Gasteiger partial charge in [-0.15, -0.1) is 0 Å². The summed E-state index contributed by atoms with van der Waals surface area (Å²) >= 11 is 2.02. The SMILES string of the molecule is COCCN(C(=O)C1CCCC1)[C@@H]1CC(C(=O)NCCO)=C[C@H](Oc2c(I)cc(C=O)cc2OC)[C@H]1O. The maximum Gasteiger partial charge on any atom is 0.247 e. The van der Waals surface area contributed by atoms with Crippen LogP contribution in [-0.2, 0) is 14.3 Å². The van der Waals surface area contributed by atoms with Gasteiger partial charge in [0.15, 0.2) is 11.5 Å². The Balaban J connectivity index is 1.98. The zero-order chi connectivity index (χ0) is 26.9. The zero-order valence-electron chi connectivity index (χ0n) is 21.2. The maximum atomic E-state index is 13.5. The minimum absolute atomic E-state index is 0.0585. The molecule has 0 radical (unpaired) electrons. The number of ether oxygens (including phenoxy) is 3. The van der Waals surface area contributed by atoms with Crippen LogP contribution in [0.1, 0.15) is 42.5 Å². The Morgan fingerprint density at radius 1 is 1.24 bits per heavy atom. The van der Waals surface area contributed by atoms with Gasteiger partial charge in [-0.05, 0) is 53.6 Å². The topological polar surface area (TPSA) is 135 Å². The van der Waals surface area contributed by atoms with Crippen LogP contribution in [0.15, 0.2) is 23.8 Å². The third kappa shape index (κ3) is 7.21. The van der Waals surface area contributed by atoms with E-state index in [-0.39, 0.29) is 44.5 Å². The first-order valence-electron chi connectivity index (χ1n) is 12.4. The lowest BCUT2D eigenvalue weighted by molar-refractivity contribution is -0.143. The lowest BCUT2D eigenvalue weighted by Crippen LogP contribution is -2.56. The number of nitrogens with zero attached hydrogens (tertiary/aromatic N) is 1. The quantitative estimate of drug-likeness (QED) is 0.235. The largest absolute Gasteiger partial charge is 0.493 e. The molecular weight excluding hydrogens is 595 g/mol. The van der Waals surface area contributed by atoms with Gasteiger partial charge in [0.2, 0.25) is 11.8 Å². The van der Waals surface area contributed by atoms with Crippen LogP contribution in [0.25, 0.3) is 0 Å². The molecule has 2 aliphatic carbocycles. The number of hydrogen-bond donors (Lipinski definition) is 3. The zero-order valence-corrected chi connectivity index (χ0v) is 23.3. The molecule has 0 unspecified atom stereocenters. The number of aliphatic hydroxyl groups is 2. The van der Waals surface area contributed by atoms with Gasteiger partial charge in [-0.25, -0.2) is 0 Å². The van der Waals surface area contributed by atoms with Crippen LogP contribution in [0.2, 0.25) is 0 Å². The van der Waals surface area contributed by atoms with E-state index in [2.05, 4.69) is 5.32 Å². The minimum atomic E-state index is -1.15. The summed E-state index contributed by atoms with van der Waals surface area (Å²) in [6.45, 7) is 0.397. The van der Waals surface area contributed by atoms with Crippen molar-refractivity contribution in [3.05, 3.63) is 32.9 Å². The second kappa shape index (κ2) is 14.1. The van der Waals surface area contributed by atoms with Crippen molar-refractivity contribution in [2.45, 2.75) is 50.4 Å². The average molecular weight is 630 g/mol. The van der Waals surface area contributed by atoms with Crippen molar-refractivity contribution in [1.82, 2.24) is 10.2 Å². The molecule has 0 heterocycles. The second-order valence-corrected chi connectivity index (χ2v) is 10.3. The van der Waals surface area contributed by atoms with Crippen LogP contribution in [0.4, 0.5) is 0 Å². The number of aldehydes is 1. The normalized spacial score (nSPS) is 21.8. The van der Waals surface area contributed by atoms with Crippen molar-refractivity contribution >= 4 is 40.7 Å². The molecule has 3 atom stereocenters. The predicted molar refractivity (Wildman–Crippen MR) is 144 cm³/mol. The molecule has 1 saturated carbocycles. The molecule has 0 aromatic heterocycles. The number of benzene rings is 1. The Kier molecular flexibility index (Phi) is 11.2. The van der Waals surface area contributed by atoms with E-state index in [0.29, 0.717) is 32.5 Å². The van der Waals surface area contributed by atoms with E-state index in [9.17, 15) is 19.5 Å². The Hall–Kier alpha value is -2.22. The third-order valence-corrected chi connectivity index (χ3v) is 7.58. The molecule has 2 amide bonds. The molecule has 1 aromatic rings. The molecule has 0 bridgehead atoms. The number of halogens is 1. The van der Waals surface area contributed by atoms with Crippen molar-refractivity contribution in [3.63, 3.8) is 0 Å². The van der Waals surface area contributed by atoms with Crippen molar-refractivity contribution in [3.8, 4) is 11.5 Å². The van der Waals surface area contributed by atoms with Crippen LogP contribution in [0.3, 0.4) is 0 Å². The van der Waals surface area contributed by atoms with Crippen LogP contribution >= 0.6 is 22.6 Å². The fourth-order valence-corrected chi connectivity index (χ4v) is 5.63. The van der Waals surface area contributed by atoms with Crippen LogP contribution in [0.5, 0.6) is 11.5 Å². The molecule has 37 heavy (non-hydrogen) atoms. The number of carbonyl (C=O) groups is 3. The molecule has 11 heteroatoms. The lowest BCUT2D eigenvalue weighted by atomic mass is 9.87. The Bertz CT molecular complexity index is 995. The Labute approximate surface area is 230 Å². The first kappa shape index (κ1) is 29.3. The summed E-state index contributed by atoms with van der Waals surface area (Å²) in [5, 5.41) is 23.3. The highest BCUT2D eigenvalue weighted by Gasteiger charge is 2.42. The van der Waals surface area contributed by atoms with E-state index in [1.54, 1.807) is 24.2 Å². The van der Waals surface area contributed by atoms with Gasteiger partial charge in [0.1, 0.15) is 18.5 Å². The summed E-state index contributed by atoms with van der Waals surface area (Å²) in [5.41, 5.74) is 0.747. The van der Waals surface area contributed by atoms with Crippen LogP contribution in [-0.4, -0.2) is 92.0 Å². The number of carbonyl (C=O) groups excluding carboxylic acids is 3. The van der Waals surface area contributed by atoms with E-state index in [1.807, 2.05) is 22.6 Å². The van der Waals surface area contributed by atoms with Gasteiger partial charge in [0, 0.05) is 43.7 Å². The Morgan fingerprint density at radius 2 is 1.97 bits per heavy atom. The van der Waals surface area contributed by atoms with Crippen LogP contribution < -0.4 is 14.8 Å². The van der Waals surface area contributed by atoms with E-state index in [4.69, 9.17) is 19.3 Å². The lowest BCUT2D eigenvalue weighted by Gasteiger charge is -2.41. The monoisotopic (exact) mass is 630 g/mol. The van der Waals surface area contributed by atoms with E-state index in [0.717, 1.165) is 25.7 Å². The van der Waals surface area contributed by atoms with Gasteiger partial charge in [-0.3, -0.25) is 14.4 Å². The molecule has 1 aromatic carbocycles. The van der Waals surface area contributed by atoms with Crippen molar-refractivity contribution in [2.24, 2.45) is 5.92 Å². The highest BCUT2D eigenvalue weighted by Crippen LogP contribution is 2.37. The summed E-state index contributed by atoms with van der Waals surface area (Å²) in [5.74, 6) is 0.0314. The first-order chi connectivity index (χ1) is 17.8. The van der Waals surface area contributed by atoms with Gasteiger partial charge in [0.25, 0.3) is 0 Å². The molecule has 2 aliphatic rings. The number of aliphatic hydroxyl groups excluding tert-OH is 2. The number of amides is 2. The van der Waals surface area contributed by atoms with Crippen LogP contribution in [0, 0.1) is 9.49 Å². The van der Waals surface area contributed by atoms with Crippen molar-refractivity contribution < 1.29 is 38.8 Å². The molecule has 3 N–H and O–H groups in total. The van der Waals surface area contributed by atoms with Gasteiger partial charge >= 0.3 is 0 Å². The smallest absolute Gasteiger partial charge is 0.247 e. The summed E-state index contributed by atoms with van der Waals surface area (Å²) < 4.78 is 17.5. The molecule has 204 valence electrons. The standard InChI is InChI=1S/C26H35IN2O8/c1-35-10-8-29(26(34)17-5-3-4-6-17)20-13-18(25(33)28-7-9-30)14-21(23(20)32)37-24-19(27)11-16(15-31)12-22(24)36-2/h11-12,14-15,17,20-21,23,30,32H,3-10,13H2,1-2H3,(H,28,33)/t20-,21+,23+/m1/s1. The maximum absolute atomic E-state index is 13.5. The van der Waals surface area contributed by atoms with Crippen molar-refractivity contribution in [1.29, 1.82) is 0 Å². The van der Waals surface area contributed by atoms with Gasteiger partial charge in [0.05, 0.1) is 29.9 Å². The summed E-state index contributed by atoms with van der Waals surface area (Å²) in [7, 11) is 3.00.